The van der Waals surface area contributed by atoms with Crippen molar-refractivity contribution in [3.63, 3.8) is 0 Å². The number of hydrogen-bond acceptors (Lipinski definition) is 1. The smallest absolute Gasteiger partial charge is 0.143 e. The molecule has 0 radical (unpaired) electrons. The molecule has 0 fully saturated rings. The van der Waals surface area contributed by atoms with Gasteiger partial charge in [-0.05, 0) is 94.5 Å². The van der Waals surface area contributed by atoms with Crippen LogP contribution in [0.2, 0.25) is 0 Å². The van der Waals surface area contributed by atoms with Crippen LogP contribution in [0.4, 0.5) is 0 Å². The fourth-order valence-corrected chi connectivity index (χ4v) is 8.62. The van der Waals surface area contributed by atoms with Crippen molar-refractivity contribution < 1.29 is 4.42 Å². The first-order chi connectivity index (χ1) is 24.3. The van der Waals surface area contributed by atoms with Crippen LogP contribution in [0.5, 0.6) is 0 Å². The molecule has 1 aromatic heterocycles. The third-order valence-electron chi connectivity index (χ3n) is 10.6. The van der Waals surface area contributed by atoms with Crippen LogP contribution in [0, 0.1) is 0 Å². The molecule has 1 aliphatic carbocycles. The average molecular weight is 621 g/mol. The molecule has 10 aromatic rings. The van der Waals surface area contributed by atoms with Gasteiger partial charge in [0.25, 0.3) is 0 Å². The maximum Gasteiger partial charge on any atom is 0.143 e. The van der Waals surface area contributed by atoms with E-state index in [1.165, 1.54) is 76.8 Å². The van der Waals surface area contributed by atoms with E-state index in [2.05, 4.69) is 170 Å². The van der Waals surface area contributed by atoms with Gasteiger partial charge in [0.05, 0.1) is 0 Å². The third-order valence-corrected chi connectivity index (χ3v) is 10.6. The van der Waals surface area contributed by atoms with Crippen LogP contribution < -0.4 is 0 Å². The van der Waals surface area contributed by atoms with Crippen molar-refractivity contribution >= 4 is 54.3 Å². The molecule has 226 valence electrons. The number of rotatable bonds is 3. The Morgan fingerprint density at radius 3 is 1.43 bits per heavy atom. The lowest BCUT2D eigenvalue weighted by molar-refractivity contribution is 0.670. The average Bonchev–Trinajstić information content (AvgIpc) is 3.72. The Morgan fingerprint density at radius 1 is 0.265 bits per heavy atom. The molecule has 9 aromatic carbocycles. The monoisotopic (exact) mass is 620 g/mol. The fourth-order valence-electron chi connectivity index (χ4n) is 8.62. The third kappa shape index (κ3) is 3.65. The molecule has 1 heteroatoms. The van der Waals surface area contributed by atoms with Gasteiger partial charge >= 0.3 is 0 Å². The Labute approximate surface area is 283 Å². The molecule has 0 spiro atoms. The van der Waals surface area contributed by atoms with Gasteiger partial charge < -0.3 is 4.42 Å². The van der Waals surface area contributed by atoms with Gasteiger partial charge in [-0.1, -0.05) is 158 Å². The highest BCUT2D eigenvalue weighted by Crippen LogP contribution is 2.53. The maximum absolute atomic E-state index is 6.72. The summed E-state index contributed by atoms with van der Waals surface area (Å²) in [6.45, 7) is 0. The van der Waals surface area contributed by atoms with Crippen LogP contribution in [0.25, 0.3) is 110 Å². The zero-order valence-electron chi connectivity index (χ0n) is 26.6. The van der Waals surface area contributed by atoms with Crippen molar-refractivity contribution in [1.29, 1.82) is 0 Å². The van der Waals surface area contributed by atoms with Gasteiger partial charge in [-0.3, -0.25) is 0 Å². The number of para-hydroxylation sites is 1. The topological polar surface area (TPSA) is 13.1 Å². The van der Waals surface area contributed by atoms with Gasteiger partial charge in [-0.15, -0.1) is 0 Å². The van der Waals surface area contributed by atoms with E-state index in [1.54, 1.807) is 0 Å². The van der Waals surface area contributed by atoms with E-state index < -0.39 is 0 Å². The molecular formula is C48H28O. The summed E-state index contributed by atoms with van der Waals surface area (Å²) in [7, 11) is 0. The van der Waals surface area contributed by atoms with Crippen LogP contribution in [0.3, 0.4) is 0 Å². The summed E-state index contributed by atoms with van der Waals surface area (Å²) in [6, 6.07) is 61.9. The fraction of sp³-hybridized carbons (Fsp3) is 0. The van der Waals surface area contributed by atoms with Crippen molar-refractivity contribution in [2.75, 3.05) is 0 Å². The van der Waals surface area contributed by atoms with Gasteiger partial charge in [0.2, 0.25) is 0 Å². The summed E-state index contributed by atoms with van der Waals surface area (Å²) in [5.74, 6) is 0. The molecular weight excluding hydrogens is 593 g/mol. The molecule has 0 amide bonds. The van der Waals surface area contributed by atoms with E-state index in [0.717, 1.165) is 33.1 Å². The first-order valence-corrected chi connectivity index (χ1v) is 16.9. The van der Waals surface area contributed by atoms with Crippen molar-refractivity contribution in [2.24, 2.45) is 0 Å². The Morgan fingerprint density at radius 2 is 0.735 bits per heavy atom. The number of fused-ring (bicyclic) bond motifs is 8. The predicted octanol–water partition coefficient (Wildman–Crippen LogP) is 13.7. The minimum Gasteiger partial charge on any atom is -0.455 e. The molecule has 1 nitrogen and oxygen atoms in total. The quantitative estimate of drug-likeness (QED) is 0.179. The lowest BCUT2D eigenvalue weighted by Gasteiger charge is -2.20. The van der Waals surface area contributed by atoms with Crippen molar-refractivity contribution in [1.82, 2.24) is 0 Å². The van der Waals surface area contributed by atoms with E-state index in [0.29, 0.717) is 0 Å². The first-order valence-electron chi connectivity index (χ1n) is 16.9. The molecule has 49 heavy (non-hydrogen) atoms. The first kappa shape index (κ1) is 26.6. The van der Waals surface area contributed by atoms with Gasteiger partial charge in [0, 0.05) is 16.3 Å². The lowest BCUT2D eigenvalue weighted by atomic mass is 9.83. The van der Waals surface area contributed by atoms with Crippen LogP contribution in [0.15, 0.2) is 174 Å². The molecule has 0 bridgehead atoms. The van der Waals surface area contributed by atoms with Gasteiger partial charge in [0.15, 0.2) is 0 Å². The van der Waals surface area contributed by atoms with Crippen molar-refractivity contribution in [3.8, 4) is 55.6 Å². The summed E-state index contributed by atoms with van der Waals surface area (Å²) in [4.78, 5) is 0. The zero-order valence-corrected chi connectivity index (χ0v) is 26.6. The summed E-state index contributed by atoms with van der Waals surface area (Å²) in [5, 5.41) is 9.91. The molecule has 1 aliphatic rings. The van der Waals surface area contributed by atoms with Crippen LogP contribution in [-0.2, 0) is 0 Å². The van der Waals surface area contributed by atoms with Crippen molar-refractivity contribution in [2.45, 2.75) is 0 Å². The number of benzene rings is 9. The molecule has 0 saturated carbocycles. The molecule has 0 aliphatic heterocycles. The standard InChI is InChI=1S/C48H28O/c1-2-13-29(14-3-1)30-25-28-42(47-41-21-10-11-24-43(41)49-48(30)47)46-36-19-8-6-17-34(36)45(35-18-7-9-20-37(35)46)40-27-26-39-32-16-5-4-15-31(32)33-22-12-23-38(40)44(33)39/h1-28H. The molecule has 1 heterocycles. The molecule has 11 rings (SSSR count). The van der Waals surface area contributed by atoms with E-state index in [4.69, 9.17) is 4.42 Å². The van der Waals surface area contributed by atoms with Crippen LogP contribution in [0.1, 0.15) is 0 Å². The van der Waals surface area contributed by atoms with Crippen LogP contribution >= 0.6 is 0 Å². The summed E-state index contributed by atoms with van der Waals surface area (Å²) >= 11 is 0. The molecule has 0 atom stereocenters. The molecule has 0 unspecified atom stereocenters. The highest BCUT2D eigenvalue weighted by Gasteiger charge is 2.25. The summed E-state index contributed by atoms with van der Waals surface area (Å²) in [5.41, 5.74) is 14.3. The Hall–Kier alpha value is -6.44. The van der Waals surface area contributed by atoms with E-state index >= 15 is 0 Å². The second kappa shape index (κ2) is 10.0. The van der Waals surface area contributed by atoms with Crippen molar-refractivity contribution in [3.05, 3.63) is 170 Å². The number of furan rings is 1. The second-order valence-corrected chi connectivity index (χ2v) is 13.1. The Balaban J connectivity index is 1.27. The second-order valence-electron chi connectivity index (χ2n) is 13.1. The number of hydrogen-bond donors (Lipinski definition) is 0. The van der Waals surface area contributed by atoms with Gasteiger partial charge in [0.1, 0.15) is 11.2 Å². The minimum absolute atomic E-state index is 0.904. The minimum atomic E-state index is 0.904. The van der Waals surface area contributed by atoms with E-state index in [1.807, 2.05) is 0 Å². The van der Waals surface area contributed by atoms with Crippen LogP contribution in [-0.4, -0.2) is 0 Å². The largest absolute Gasteiger partial charge is 0.455 e. The lowest BCUT2D eigenvalue weighted by Crippen LogP contribution is -1.93. The maximum atomic E-state index is 6.72. The summed E-state index contributed by atoms with van der Waals surface area (Å²) in [6.07, 6.45) is 0. The zero-order chi connectivity index (χ0) is 32.1. The molecule has 0 N–H and O–H groups in total. The van der Waals surface area contributed by atoms with Gasteiger partial charge in [-0.25, -0.2) is 0 Å². The normalized spacial score (nSPS) is 12.1. The predicted molar refractivity (Wildman–Crippen MR) is 207 cm³/mol. The summed E-state index contributed by atoms with van der Waals surface area (Å²) < 4.78 is 6.72. The SMILES string of the molecule is c1ccc(-c2ccc(-c3c4ccccc4c(-c4ccc5c6c(cccc46)-c4ccccc4-5)c4ccccc34)c3c2oc2ccccc23)cc1. The highest BCUT2D eigenvalue weighted by atomic mass is 16.3. The van der Waals surface area contributed by atoms with E-state index in [9.17, 15) is 0 Å². The van der Waals surface area contributed by atoms with Gasteiger partial charge in [-0.2, -0.15) is 0 Å². The Bertz CT molecular complexity index is 2890. The highest BCUT2D eigenvalue weighted by molar-refractivity contribution is 6.29. The molecule has 0 saturated heterocycles. The Kier molecular flexibility index (Phi) is 5.45. The van der Waals surface area contributed by atoms with E-state index in [-0.39, 0.29) is 0 Å².